The van der Waals surface area contributed by atoms with Gasteiger partial charge in [-0.3, -0.25) is 9.79 Å². The minimum Gasteiger partial charge on any atom is -0.493 e. The highest BCUT2D eigenvalue weighted by molar-refractivity contribution is 14.0. The summed E-state index contributed by atoms with van der Waals surface area (Å²) in [4.78, 5) is 18.6. The van der Waals surface area contributed by atoms with Gasteiger partial charge in [-0.2, -0.15) is 0 Å². The molecule has 0 aliphatic carbocycles. The number of aliphatic imine (C=N–C) groups is 1. The zero-order chi connectivity index (χ0) is 20.4. The molecule has 7 nitrogen and oxygen atoms in total. The SMILES string of the molecule is CN=C(NCCC(=O)N1CCCCC1C)NCC(C)Oc1ccccc1OC.I. The molecule has 8 heteroatoms. The van der Waals surface area contributed by atoms with Gasteiger partial charge in [0.15, 0.2) is 17.5 Å². The molecule has 0 radical (unpaired) electrons. The molecule has 1 aliphatic heterocycles. The van der Waals surface area contributed by atoms with E-state index in [-0.39, 0.29) is 36.0 Å². The molecule has 0 aromatic heterocycles. The highest BCUT2D eigenvalue weighted by atomic mass is 127. The number of ether oxygens (including phenoxy) is 2. The minimum atomic E-state index is -0.0781. The van der Waals surface area contributed by atoms with Crippen LogP contribution in [0, 0.1) is 0 Å². The Morgan fingerprint density at radius 2 is 2.00 bits per heavy atom. The first-order valence-electron chi connectivity index (χ1n) is 10.1. The van der Waals surface area contributed by atoms with E-state index in [2.05, 4.69) is 22.5 Å². The van der Waals surface area contributed by atoms with Crippen molar-refractivity contribution >= 4 is 35.8 Å². The predicted octanol–water partition coefficient (Wildman–Crippen LogP) is 3.04. The van der Waals surface area contributed by atoms with Crippen LogP contribution in [0.25, 0.3) is 0 Å². The number of halogens is 1. The monoisotopic (exact) mass is 518 g/mol. The molecule has 164 valence electrons. The van der Waals surface area contributed by atoms with Gasteiger partial charge in [-0.1, -0.05) is 12.1 Å². The fraction of sp³-hybridized carbons (Fsp3) is 0.619. The van der Waals surface area contributed by atoms with Gasteiger partial charge in [-0.05, 0) is 45.2 Å². The molecule has 2 atom stereocenters. The number of piperidine rings is 1. The van der Waals surface area contributed by atoms with Gasteiger partial charge in [0.1, 0.15) is 6.10 Å². The highest BCUT2D eigenvalue weighted by Crippen LogP contribution is 2.26. The van der Waals surface area contributed by atoms with Gasteiger partial charge in [0.2, 0.25) is 5.91 Å². The Morgan fingerprint density at radius 3 is 2.66 bits per heavy atom. The van der Waals surface area contributed by atoms with Crippen molar-refractivity contribution in [2.24, 2.45) is 4.99 Å². The Kier molecular flexibility index (Phi) is 11.8. The summed E-state index contributed by atoms with van der Waals surface area (Å²) in [6.07, 6.45) is 3.82. The van der Waals surface area contributed by atoms with Crippen LogP contribution < -0.4 is 20.1 Å². The maximum absolute atomic E-state index is 12.4. The number of rotatable bonds is 8. The Morgan fingerprint density at radius 1 is 1.28 bits per heavy atom. The first kappa shape index (κ1) is 25.3. The topological polar surface area (TPSA) is 75.2 Å². The van der Waals surface area contributed by atoms with E-state index in [9.17, 15) is 4.79 Å². The fourth-order valence-corrected chi connectivity index (χ4v) is 3.34. The molecule has 1 heterocycles. The Bertz CT molecular complexity index is 657. The van der Waals surface area contributed by atoms with Crippen molar-refractivity contribution in [2.75, 3.05) is 33.8 Å². The molecule has 1 aliphatic rings. The summed E-state index contributed by atoms with van der Waals surface area (Å²) in [5, 5.41) is 6.44. The zero-order valence-corrected chi connectivity index (χ0v) is 20.3. The molecule has 1 fully saturated rings. The van der Waals surface area contributed by atoms with E-state index in [4.69, 9.17) is 9.47 Å². The van der Waals surface area contributed by atoms with Gasteiger partial charge in [0, 0.05) is 32.6 Å². The number of nitrogens with one attached hydrogen (secondary N) is 2. The average Bonchev–Trinajstić information content (AvgIpc) is 2.71. The second-order valence-corrected chi connectivity index (χ2v) is 7.14. The third-order valence-electron chi connectivity index (χ3n) is 4.93. The van der Waals surface area contributed by atoms with Gasteiger partial charge in [-0.25, -0.2) is 0 Å². The van der Waals surface area contributed by atoms with Crippen LogP contribution in [0.2, 0.25) is 0 Å². The lowest BCUT2D eigenvalue weighted by atomic mass is 10.0. The number of amides is 1. The molecular weight excluding hydrogens is 483 g/mol. The lowest BCUT2D eigenvalue weighted by molar-refractivity contribution is -0.134. The van der Waals surface area contributed by atoms with E-state index in [1.54, 1.807) is 14.2 Å². The van der Waals surface area contributed by atoms with Crippen LogP contribution in [0.3, 0.4) is 0 Å². The van der Waals surface area contributed by atoms with Crippen LogP contribution >= 0.6 is 24.0 Å². The molecule has 1 amide bonds. The molecule has 2 N–H and O–H groups in total. The Labute approximate surface area is 191 Å². The average molecular weight is 518 g/mol. The van der Waals surface area contributed by atoms with Crippen molar-refractivity contribution in [2.45, 2.75) is 51.7 Å². The number of hydrogen-bond acceptors (Lipinski definition) is 4. The fourth-order valence-electron chi connectivity index (χ4n) is 3.34. The van der Waals surface area contributed by atoms with Crippen LogP contribution in [0.4, 0.5) is 0 Å². The summed E-state index contributed by atoms with van der Waals surface area (Å²) in [5.74, 6) is 2.30. The molecule has 2 rings (SSSR count). The quantitative estimate of drug-likeness (QED) is 0.315. The first-order chi connectivity index (χ1) is 13.5. The molecule has 1 saturated heterocycles. The number of carbonyl (C=O) groups is 1. The van der Waals surface area contributed by atoms with Gasteiger partial charge in [0.05, 0.1) is 13.7 Å². The summed E-state index contributed by atoms with van der Waals surface area (Å²) in [7, 11) is 3.35. The summed E-state index contributed by atoms with van der Waals surface area (Å²) < 4.78 is 11.2. The number of hydrogen-bond donors (Lipinski definition) is 2. The third-order valence-corrected chi connectivity index (χ3v) is 4.93. The predicted molar refractivity (Wildman–Crippen MR) is 128 cm³/mol. The molecular formula is C21H35IN4O3. The van der Waals surface area contributed by atoms with E-state index in [1.165, 1.54) is 6.42 Å². The maximum Gasteiger partial charge on any atom is 0.224 e. The van der Waals surface area contributed by atoms with Crippen LogP contribution in [0.5, 0.6) is 11.5 Å². The Hall–Kier alpha value is -1.71. The van der Waals surface area contributed by atoms with Crippen molar-refractivity contribution in [3.8, 4) is 11.5 Å². The lowest BCUT2D eigenvalue weighted by Gasteiger charge is -2.33. The second-order valence-electron chi connectivity index (χ2n) is 7.14. The number of likely N-dealkylation sites (tertiary alicyclic amines) is 1. The number of nitrogens with zero attached hydrogens (tertiary/aromatic N) is 2. The summed E-state index contributed by atoms with van der Waals surface area (Å²) in [6.45, 7) is 6.13. The van der Waals surface area contributed by atoms with Crippen LogP contribution in [-0.4, -0.2) is 62.7 Å². The van der Waals surface area contributed by atoms with E-state index >= 15 is 0 Å². The number of guanidine groups is 1. The first-order valence-corrected chi connectivity index (χ1v) is 10.1. The molecule has 0 bridgehead atoms. The number of carbonyl (C=O) groups excluding carboxylic acids is 1. The molecule has 0 spiro atoms. The number of para-hydroxylation sites is 2. The largest absolute Gasteiger partial charge is 0.493 e. The second kappa shape index (κ2) is 13.5. The molecule has 29 heavy (non-hydrogen) atoms. The Balaban J connectivity index is 0.00000420. The van der Waals surface area contributed by atoms with Crippen LogP contribution in [0.1, 0.15) is 39.5 Å². The summed E-state index contributed by atoms with van der Waals surface area (Å²) in [6, 6.07) is 7.93. The number of benzene rings is 1. The summed E-state index contributed by atoms with van der Waals surface area (Å²) in [5.41, 5.74) is 0. The van der Waals surface area contributed by atoms with E-state index in [0.717, 1.165) is 19.4 Å². The smallest absolute Gasteiger partial charge is 0.224 e. The minimum absolute atomic E-state index is 0. The normalized spacial score (nSPS) is 17.7. The van der Waals surface area contributed by atoms with Crippen molar-refractivity contribution < 1.29 is 14.3 Å². The van der Waals surface area contributed by atoms with Crippen molar-refractivity contribution in [3.05, 3.63) is 24.3 Å². The lowest BCUT2D eigenvalue weighted by Crippen LogP contribution is -2.45. The van der Waals surface area contributed by atoms with Gasteiger partial charge in [0.25, 0.3) is 0 Å². The van der Waals surface area contributed by atoms with Crippen LogP contribution in [0.15, 0.2) is 29.3 Å². The van der Waals surface area contributed by atoms with Gasteiger partial charge >= 0.3 is 0 Å². The maximum atomic E-state index is 12.4. The van der Waals surface area contributed by atoms with E-state index in [0.29, 0.717) is 43.0 Å². The third kappa shape index (κ3) is 8.28. The standard InChI is InChI=1S/C21H34N4O3.HI/c1-16-9-7-8-14-25(16)20(26)12-13-23-21(22-3)24-15-17(2)28-19-11-6-5-10-18(19)27-4;/h5-6,10-11,16-17H,7-9,12-15H2,1-4H3,(H2,22,23,24);1H. The molecule has 1 aromatic rings. The zero-order valence-electron chi connectivity index (χ0n) is 17.9. The molecule has 1 aromatic carbocycles. The van der Waals surface area contributed by atoms with Gasteiger partial charge < -0.3 is 25.0 Å². The van der Waals surface area contributed by atoms with Crippen molar-refractivity contribution in [1.29, 1.82) is 0 Å². The van der Waals surface area contributed by atoms with Crippen molar-refractivity contribution in [3.63, 3.8) is 0 Å². The highest BCUT2D eigenvalue weighted by Gasteiger charge is 2.22. The number of methoxy groups -OCH3 is 1. The van der Waals surface area contributed by atoms with Crippen molar-refractivity contribution in [1.82, 2.24) is 15.5 Å². The summed E-state index contributed by atoms with van der Waals surface area (Å²) >= 11 is 0. The van der Waals surface area contributed by atoms with Crippen LogP contribution in [-0.2, 0) is 4.79 Å². The van der Waals surface area contributed by atoms with E-state index < -0.39 is 0 Å². The molecule has 2 unspecified atom stereocenters. The van der Waals surface area contributed by atoms with Gasteiger partial charge in [-0.15, -0.1) is 24.0 Å². The van der Waals surface area contributed by atoms with E-state index in [1.807, 2.05) is 36.1 Å². The molecule has 0 saturated carbocycles.